The van der Waals surface area contributed by atoms with Crippen LogP contribution in [-0.2, 0) is 0 Å². The van der Waals surface area contributed by atoms with Crippen LogP contribution in [0.4, 0.5) is 0 Å². The number of para-hydroxylation sites is 4. The van der Waals surface area contributed by atoms with Crippen molar-refractivity contribution in [3.63, 3.8) is 0 Å². The Morgan fingerprint density at radius 3 is 1.10 bits per heavy atom. The van der Waals surface area contributed by atoms with E-state index in [2.05, 4.69) is 145 Å². The zero-order valence-corrected chi connectivity index (χ0v) is 24.1. The molecule has 0 amide bonds. The minimum Gasteiger partial charge on any atom is -0.308 e. The number of hydrogen-bond donors (Lipinski definition) is 0. The third-order valence-corrected chi connectivity index (χ3v) is 9.55. The predicted octanol–water partition coefficient (Wildman–Crippen LogP) is 10.7. The molecule has 0 unspecified atom stereocenters. The minimum absolute atomic E-state index is 1.13. The largest absolute Gasteiger partial charge is 0.308 e. The van der Waals surface area contributed by atoms with E-state index in [0.29, 0.717) is 0 Å². The van der Waals surface area contributed by atoms with Crippen molar-refractivity contribution in [1.29, 1.82) is 0 Å². The van der Waals surface area contributed by atoms with E-state index < -0.39 is 0 Å². The quantitative estimate of drug-likeness (QED) is 0.184. The van der Waals surface area contributed by atoms with E-state index in [0.717, 1.165) is 11.4 Å². The van der Waals surface area contributed by atoms with Gasteiger partial charge >= 0.3 is 0 Å². The summed E-state index contributed by atoms with van der Waals surface area (Å²) in [4.78, 5) is 2.47. The highest BCUT2D eigenvalue weighted by Crippen LogP contribution is 2.43. The van der Waals surface area contributed by atoms with Crippen LogP contribution in [0.3, 0.4) is 0 Å². The molecule has 3 heteroatoms. The van der Waals surface area contributed by atoms with Crippen LogP contribution in [0.5, 0.6) is 0 Å². The summed E-state index contributed by atoms with van der Waals surface area (Å²) in [6.07, 6.45) is 8.11. The molecule has 7 aromatic rings. The Labute approximate surface area is 244 Å². The summed E-state index contributed by atoms with van der Waals surface area (Å²) < 4.78 is 4.79. The molecule has 41 heavy (non-hydrogen) atoms. The second-order valence-electron chi connectivity index (χ2n) is 10.3. The highest BCUT2D eigenvalue weighted by atomic mass is 32.1. The zero-order chi connectivity index (χ0) is 28.1. The minimum atomic E-state index is 1.13. The van der Waals surface area contributed by atoms with Crippen molar-refractivity contribution in [2.75, 3.05) is 0 Å². The Kier molecular flexibility index (Phi) is 6.10. The highest BCUT2D eigenvalue weighted by Gasteiger charge is 2.23. The molecule has 0 aliphatic carbocycles. The van der Waals surface area contributed by atoms with Crippen LogP contribution in [0.1, 0.15) is 20.9 Å². The molecule has 0 aliphatic rings. The molecule has 0 spiro atoms. The van der Waals surface area contributed by atoms with Gasteiger partial charge in [-0.05, 0) is 61.4 Å². The van der Waals surface area contributed by atoms with E-state index in [-0.39, 0.29) is 0 Å². The van der Waals surface area contributed by atoms with Gasteiger partial charge in [0.15, 0.2) is 0 Å². The van der Waals surface area contributed by atoms with Crippen LogP contribution in [0, 0.1) is 13.8 Å². The summed E-state index contributed by atoms with van der Waals surface area (Å²) in [5.74, 6) is 0. The summed E-state index contributed by atoms with van der Waals surface area (Å²) in [6, 6.07) is 34.7. The lowest BCUT2D eigenvalue weighted by Crippen LogP contribution is -1.98. The Balaban J connectivity index is 1.51. The molecule has 198 valence electrons. The lowest BCUT2D eigenvalue weighted by Gasteiger charge is -2.13. The fourth-order valence-electron chi connectivity index (χ4n) is 6.18. The topological polar surface area (TPSA) is 9.86 Å². The van der Waals surface area contributed by atoms with Crippen LogP contribution in [0.15, 0.2) is 135 Å². The lowest BCUT2D eigenvalue weighted by atomic mass is 10.1. The van der Waals surface area contributed by atoms with Gasteiger partial charge in [-0.1, -0.05) is 98.1 Å². The third-order valence-electron chi connectivity index (χ3n) is 8.11. The van der Waals surface area contributed by atoms with Gasteiger partial charge in [-0.25, -0.2) is 0 Å². The molecule has 4 aromatic carbocycles. The standard InChI is InChI=1S/C38H30N2S/c1-5-15-35(39-31-21-11-7-17-27(31)28-18-8-12-22-32(28)39)37-25(3)26(4)38(41-37)36(16-6-2)40-33-23-13-9-19-29(33)30-20-10-14-24-34(30)40/h5-24H,1-2H2,3-4H3/b35-15+,36-16+. The van der Waals surface area contributed by atoms with Gasteiger partial charge < -0.3 is 9.13 Å². The van der Waals surface area contributed by atoms with Crippen molar-refractivity contribution in [2.45, 2.75) is 13.8 Å². The number of rotatable bonds is 6. The van der Waals surface area contributed by atoms with E-state index in [9.17, 15) is 0 Å². The highest BCUT2D eigenvalue weighted by molar-refractivity contribution is 7.14. The number of nitrogens with zero attached hydrogens (tertiary/aromatic N) is 2. The van der Waals surface area contributed by atoms with Crippen LogP contribution in [0.25, 0.3) is 55.0 Å². The maximum absolute atomic E-state index is 4.11. The second kappa shape index (κ2) is 9.96. The average molecular weight is 547 g/mol. The zero-order valence-electron chi connectivity index (χ0n) is 23.3. The smallest absolute Gasteiger partial charge is 0.0637 e. The summed E-state index contributed by atoms with van der Waals surface area (Å²) in [5, 5.41) is 5.01. The monoisotopic (exact) mass is 546 g/mol. The van der Waals surface area contributed by atoms with Crippen LogP contribution in [-0.4, -0.2) is 9.13 Å². The van der Waals surface area contributed by atoms with E-state index in [1.165, 1.54) is 64.5 Å². The molecule has 0 N–H and O–H groups in total. The lowest BCUT2D eigenvalue weighted by molar-refractivity contribution is 1.20. The maximum atomic E-state index is 4.11. The number of hydrogen-bond acceptors (Lipinski definition) is 1. The van der Waals surface area contributed by atoms with E-state index in [1.54, 1.807) is 0 Å². The van der Waals surface area contributed by atoms with Crippen LogP contribution in [0.2, 0.25) is 0 Å². The third kappa shape index (κ3) is 3.77. The molecule has 0 atom stereocenters. The van der Waals surface area contributed by atoms with Gasteiger partial charge in [0.1, 0.15) is 0 Å². The Morgan fingerprint density at radius 1 is 0.512 bits per heavy atom. The second-order valence-corrected chi connectivity index (χ2v) is 11.3. The molecule has 3 heterocycles. The van der Waals surface area contributed by atoms with Gasteiger partial charge in [0, 0.05) is 21.5 Å². The van der Waals surface area contributed by atoms with Crippen molar-refractivity contribution in [1.82, 2.24) is 9.13 Å². The van der Waals surface area contributed by atoms with Crippen molar-refractivity contribution >= 4 is 66.3 Å². The first-order valence-corrected chi connectivity index (χ1v) is 14.7. The summed E-state index contributed by atoms with van der Waals surface area (Å²) in [6.45, 7) is 12.7. The predicted molar refractivity (Wildman–Crippen MR) is 180 cm³/mol. The first kappa shape index (κ1) is 25.1. The maximum Gasteiger partial charge on any atom is 0.0637 e. The van der Waals surface area contributed by atoms with E-state index in [4.69, 9.17) is 0 Å². The molecular formula is C38H30N2S. The first-order valence-electron chi connectivity index (χ1n) is 13.9. The number of thiophene rings is 1. The van der Waals surface area contributed by atoms with Gasteiger partial charge in [0.05, 0.1) is 43.2 Å². The fraction of sp³-hybridized carbons (Fsp3) is 0.0526. The summed E-state index contributed by atoms with van der Waals surface area (Å²) in [7, 11) is 0. The number of allylic oxidation sites excluding steroid dienone is 4. The van der Waals surface area contributed by atoms with Crippen LogP contribution >= 0.6 is 11.3 Å². The van der Waals surface area contributed by atoms with Gasteiger partial charge in [0.25, 0.3) is 0 Å². The van der Waals surface area contributed by atoms with Gasteiger partial charge in [0.2, 0.25) is 0 Å². The van der Waals surface area contributed by atoms with Crippen LogP contribution < -0.4 is 0 Å². The van der Waals surface area contributed by atoms with E-state index >= 15 is 0 Å². The number of fused-ring (bicyclic) bond motifs is 6. The van der Waals surface area contributed by atoms with Crippen molar-refractivity contribution in [3.05, 3.63) is 155 Å². The number of aromatic nitrogens is 2. The molecule has 0 fully saturated rings. The molecule has 0 saturated carbocycles. The molecule has 7 rings (SSSR count). The first-order chi connectivity index (χ1) is 20.1. The van der Waals surface area contributed by atoms with E-state index in [1.807, 2.05) is 23.5 Å². The molecule has 3 aromatic heterocycles. The molecule has 2 nitrogen and oxygen atoms in total. The average Bonchev–Trinajstić information content (AvgIpc) is 3.63. The normalized spacial score (nSPS) is 12.6. The van der Waals surface area contributed by atoms with Gasteiger partial charge in [-0.3, -0.25) is 0 Å². The Bertz CT molecular complexity index is 1950. The Morgan fingerprint density at radius 2 is 0.805 bits per heavy atom. The van der Waals surface area contributed by atoms with Crippen molar-refractivity contribution in [3.8, 4) is 0 Å². The molecule has 0 bridgehead atoms. The number of benzene rings is 4. The summed E-state index contributed by atoms with van der Waals surface area (Å²) in [5.41, 5.74) is 9.59. The molecule has 0 radical (unpaired) electrons. The fourth-order valence-corrected chi connectivity index (χ4v) is 7.52. The van der Waals surface area contributed by atoms with Crippen molar-refractivity contribution in [2.24, 2.45) is 0 Å². The van der Waals surface area contributed by atoms with Gasteiger partial charge in [-0.2, -0.15) is 0 Å². The summed E-state index contributed by atoms with van der Waals surface area (Å²) >= 11 is 1.84. The molecule has 0 aliphatic heterocycles. The SMILES string of the molecule is C=C/C=C(\c1sc(/C(=C\C=C)n2c3ccccc3c3ccccc32)c(C)c1C)n1c2ccccc2c2ccccc21. The molecular weight excluding hydrogens is 516 g/mol. The van der Waals surface area contributed by atoms with Crippen molar-refractivity contribution < 1.29 is 0 Å². The molecule has 0 saturated heterocycles. The van der Waals surface area contributed by atoms with Gasteiger partial charge in [-0.15, -0.1) is 11.3 Å². The Hall–Kier alpha value is -4.86.